The summed E-state index contributed by atoms with van der Waals surface area (Å²) in [5.41, 5.74) is 2.27. The number of carbonyl (C=O) groups excluding carboxylic acids is 1. The average Bonchev–Trinajstić information content (AvgIpc) is 3.61. The quantitative estimate of drug-likeness (QED) is 0.526. The maximum atomic E-state index is 13.0. The molecule has 3 saturated heterocycles. The van der Waals surface area contributed by atoms with Crippen molar-refractivity contribution in [3.05, 3.63) is 35.9 Å². The van der Waals surface area contributed by atoms with E-state index in [1.807, 2.05) is 23.1 Å². The lowest BCUT2D eigenvalue weighted by atomic mass is 10.1. The molecule has 0 saturated carbocycles. The highest BCUT2D eigenvalue weighted by Gasteiger charge is 2.25. The molecule has 0 N–H and O–H groups in total. The number of nitrogens with zero attached hydrogens (tertiary/aromatic N) is 8. The van der Waals surface area contributed by atoms with Crippen molar-refractivity contribution in [1.82, 2.24) is 28.7 Å². The first-order valence-electron chi connectivity index (χ1n) is 12.4. The van der Waals surface area contributed by atoms with Gasteiger partial charge >= 0.3 is 0 Å². The van der Waals surface area contributed by atoms with Gasteiger partial charge in [-0.15, -0.1) is 10.2 Å². The van der Waals surface area contributed by atoms with Crippen molar-refractivity contribution in [2.24, 2.45) is 0 Å². The third kappa shape index (κ3) is 4.93. The summed E-state index contributed by atoms with van der Waals surface area (Å²) < 4.78 is 14.2. The van der Waals surface area contributed by atoms with Crippen LogP contribution in [-0.2, 0) is 4.74 Å². The van der Waals surface area contributed by atoms with Gasteiger partial charge in [-0.2, -0.15) is 8.75 Å². The van der Waals surface area contributed by atoms with E-state index in [1.54, 1.807) is 0 Å². The summed E-state index contributed by atoms with van der Waals surface area (Å²) in [4.78, 5) is 21.9. The van der Waals surface area contributed by atoms with Crippen LogP contribution in [0.25, 0.3) is 11.0 Å². The number of rotatable bonds is 5. The van der Waals surface area contributed by atoms with E-state index in [1.165, 1.54) is 24.6 Å². The van der Waals surface area contributed by atoms with Crippen LogP contribution in [0.4, 0.5) is 11.6 Å². The number of piperazine rings is 2. The first-order chi connectivity index (χ1) is 17.2. The fourth-order valence-electron chi connectivity index (χ4n) is 5.13. The van der Waals surface area contributed by atoms with Gasteiger partial charge in [0.2, 0.25) is 0 Å². The van der Waals surface area contributed by atoms with Crippen LogP contribution >= 0.6 is 11.7 Å². The van der Waals surface area contributed by atoms with E-state index in [-0.39, 0.29) is 5.91 Å². The molecule has 2 aromatic heterocycles. The second-order valence-electron chi connectivity index (χ2n) is 9.42. The SMILES string of the molecule is O=C(c1ccc2nsnc2c1)N1CCN(c2ccc(N3CCN(CC4CCCO4)CC3)nn2)CC1. The van der Waals surface area contributed by atoms with E-state index >= 15 is 0 Å². The minimum Gasteiger partial charge on any atom is -0.377 e. The number of hydrogen-bond acceptors (Lipinski definition) is 10. The zero-order valence-corrected chi connectivity index (χ0v) is 20.6. The molecule has 3 aromatic rings. The minimum absolute atomic E-state index is 0.0413. The van der Waals surface area contributed by atoms with E-state index in [4.69, 9.17) is 4.74 Å². The number of ether oxygens (including phenoxy) is 1. The zero-order valence-electron chi connectivity index (χ0n) is 19.8. The number of anilines is 2. The van der Waals surface area contributed by atoms with Gasteiger partial charge in [0.1, 0.15) is 11.0 Å². The topological polar surface area (TPSA) is 90.8 Å². The number of benzene rings is 1. The highest BCUT2D eigenvalue weighted by atomic mass is 32.1. The lowest BCUT2D eigenvalue weighted by molar-refractivity contribution is 0.0712. The van der Waals surface area contributed by atoms with Crippen molar-refractivity contribution in [2.75, 3.05) is 75.3 Å². The maximum Gasteiger partial charge on any atom is 0.254 e. The normalized spacial score (nSPS) is 21.7. The summed E-state index contributed by atoms with van der Waals surface area (Å²) in [6.07, 6.45) is 2.80. The Morgan fingerprint density at radius 1 is 0.886 bits per heavy atom. The van der Waals surface area contributed by atoms with Crippen molar-refractivity contribution in [3.8, 4) is 0 Å². The number of carbonyl (C=O) groups is 1. The van der Waals surface area contributed by atoms with Crippen LogP contribution in [-0.4, -0.2) is 106 Å². The highest BCUT2D eigenvalue weighted by Crippen LogP contribution is 2.21. The van der Waals surface area contributed by atoms with Crippen molar-refractivity contribution in [3.63, 3.8) is 0 Å². The zero-order chi connectivity index (χ0) is 23.6. The van der Waals surface area contributed by atoms with Gasteiger partial charge in [-0.3, -0.25) is 9.69 Å². The summed E-state index contributed by atoms with van der Waals surface area (Å²) in [5, 5.41) is 9.05. The molecule has 3 aliphatic rings. The van der Waals surface area contributed by atoms with Gasteiger partial charge in [0, 0.05) is 71.1 Å². The summed E-state index contributed by atoms with van der Waals surface area (Å²) in [6.45, 7) is 8.74. The van der Waals surface area contributed by atoms with Crippen LogP contribution in [0.1, 0.15) is 23.2 Å². The van der Waals surface area contributed by atoms with Crippen LogP contribution in [0.2, 0.25) is 0 Å². The minimum atomic E-state index is 0.0413. The molecule has 3 fully saturated rings. The molecular formula is C24H30N8O2S. The van der Waals surface area contributed by atoms with Crippen LogP contribution < -0.4 is 9.80 Å². The molecule has 0 bridgehead atoms. The molecule has 5 heterocycles. The molecule has 1 unspecified atom stereocenters. The third-order valence-electron chi connectivity index (χ3n) is 7.21. The third-order valence-corrected chi connectivity index (χ3v) is 7.77. The molecule has 0 aliphatic carbocycles. The summed E-state index contributed by atoms with van der Waals surface area (Å²) >= 11 is 1.17. The summed E-state index contributed by atoms with van der Waals surface area (Å²) in [6, 6.07) is 9.67. The maximum absolute atomic E-state index is 13.0. The standard InChI is InChI=1S/C24H30N8O2S/c33-24(18-3-4-20-21(16-18)28-35-27-20)32-13-11-31(12-14-32)23-6-5-22(25-26-23)30-9-7-29(8-10-30)17-19-2-1-15-34-19/h3-6,16,19H,1-2,7-15,17H2. The summed E-state index contributed by atoms with van der Waals surface area (Å²) in [5.74, 6) is 1.85. The van der Waals surface area contributed by atoms with Gasteiger partial charge in [0.15, 0.2) is 11.6 Å². The molecule has 35 heavy (non-hydrogen) atoms. The molecule has 11 heteroatoms. The van der Waals surface area contributed by atoms with Crippen molar-refractivity contribution < 1.29 is 9.53 Å². The van der Waals surface area contributed by atoms with Crippen molar-refractivity contribution in [1.29, 1.82) is 0 Å². The van der Waals surface area contributed by atoms with Gasteiger partial charge in [0.05, 0.1) is 17.8 Å². The Morgan fingerprint density at radius 2 is 1.57 bits per heavy atom. The fraction of sp³-hybridized carbons (Fsp3) is 0.542. The Bertz CT molecular complexity index is 1150. The average molecular weight is 495 g/mol. The van der Waals surface area contributed by atoms with Crippen LogP contribution in [0, 0.1) is 0 Å². The smallest absolute Gasteiger partial charge is 0.254 e. The Morgan fingerprint density at radius 3 is 2.23 bits per heavy atom. The molecule has 1 amide bonds. The molecule has 184 valence electrons. The van der Waals surface area contributed by atoms with Gasteiger partial charge in [-0.25, -0.2) is 0 Å². The predicted molar refractivity (Wildman–Crippen MR) is 135 cm³/mol. The van der Waals surface area contributed by atoms with Crippen molar-refractivity contribution >= 4 is 40.3 Å². The van der Waals surface area contributed by atoms with E-state index < -0.39 is 0 Å². The first-order valence-corrected chi connectivity index (χ1v) is 13.2. The molecule has 3 aliphatic heterocycles. The van der Waals surface area contributed by atoms with E-state index in [0.29, 0.717) is 24.8 Å². The highest BCUT2D eigenvalue weighted by molar-refractivity contribution is 7.00. The van der Waals surface area contributed by atoms with Gasteiger partial charge in [0.25, 0.3) is 5.91 Å². The number of amides is 1. The molecule has 0 spiro atoms. The van der Waals surface area contributed by atoms with E-state index in [2.05, 4.69) is 45.8 Å². The number of hydrogen-bond donors (Lipinski definition) is 0. The molecule has 1 atom stereocenters. The van der Waals surface area contributed by atoms with E-state index in [9.17, 15) is 4.79 Å². The molecule has 1 aromatic carbocycles. The first kappa shape index (κ1) is 22.6. The Hall–Kier alpha value is -2.89. The molecule has 0 radical (unpaired) electrons. The Balaban J connectivity index is 1.00. The largest absolute Gasteiger partial charge is 0.377 e. The predicted octanol–water partition coefficient (Wildman–Crippen LogP) is 1.74. The molecule has 6 rings (SSSR count). The Kier molecular flexibility index (Phi) is 6.45. The summed E-state index contributed by atoms with van der Waals surface area (Å²) in [7, 11) is 0. The number of fused-ring (bicyclic) bond motifs is 1. The van der Waals surface area contributed by atoms with Crippen molar-refractivity contribution in [2.45, 2.75) is 18.9 Å². The molecule has 10 nitrogen and oxygen atoms in total. The van der Waals surface area contributed by atoms with Gasteiger partial charge in [-0.1, -0.05) is 0 Å². The van der Waals surface area contributed by atoms with Gasteiger partial charge < -0.3 is 19.4 Å². The van der Waals surface area contributed by atoms with Crippen LogP contribution in [0.15, 0.2) is 30.3 Å². The second kappa shape index (κ2) is 10.00. The van der Waals surface area contributed by atoms with Crippen LogP contribution in [0.5, 0.6) is 0 Å². The monoisotopic (exact) mass is 494 g/mol. The number of aromatic nitrogens is 4. The lowest BCUT2D eigenvalue weighted by Gasteiger charge is -2.37. The fourth-order valence-corrected chi connectivity index (χ4v) is 5.65. The lowest BCUT2D eigenvalue weighted by Crippen LogP contribution is -2.49. The molecular weight excluding hydrogens is 464 g/mol. The van der Waals surface area contributed by atoms with E-state index in [0.717, 1.165) is 75.1 Å². The Labute approximate surface area is 208 Å². The van der Waals surface area contributed by atoms with Crippen LogP contribution in [0.3, 0.4) is 0 Å². The second-order valence-corrected chi connectivity index (χ2v) is 9.95. The van der Waals surface area contributed by atoms with Gasteiger partial charge in [-0.05, 0) is 43.2 Å².